The number of ether oxygens (including phenoxy) is 7. The molecule has 0 amide bonds. The number of hydrogen-bond acceptors (Lipinski definition) is 9. The highest BCUT2D eigenvalue weighted by Crippen LogP contribution is 2.39. The van der Waals surface area contributed by atoms with Gasteiger partial charge in [0.1, 0.15) is 11.5 Å². The van der Waals surface area contributed by atoms with E-state index in [0.29, 0.717) is 45.6 Å². The van der Waals surface area contributed by atoms with Crippen molar-refractivity contribution in [2.24, 2.45) is 0 Å². The molecule has 9 nitrogen and oxygen atoms in total. The molecular weight excluding hydrogens is 480 g/mol. The lowest BCUT2D eigenvalue weighted by molar-refractivity contribution is 0.0728. The van der Waals surface area contributed by atoms with Crippen LogP contribution in [0.25, 0.3) is 6.08 Å². The maximum atomic E-state index is 12.9. The quantitative estimate of drug-likeness (QED) is 0.156. The Morgan fingerprint density at radius 3 is 1.84 bits per heavy atom. The molecule has 3 aromatic carbocycles. The fourth-order valence-electron chi connectivity index (χ4n) is 3.49. The SMILES string of the molecule is COc1ccc(C(=O)C=Cc2ccc(OC(=O)c3cc(OC)c(OC)c(OC)c3)c(OC)c2)c(OC)c1. The highest BCUT2D eigenvalue weighted by Gasteiger charge is 2.20. The van der Waals surface area contributed by atoms with Gasteiger partial charge in [-0.1, -0.05) is 12.1 Å². The van der Waals surface area contributed by atoms with Gasteiger partial charge >= 0.3 is 5.97 Å². The van der Waals surface area contributed by atoms with E-state index in [4.69, 9.17) is 33.2 Å². The molecule has 9 heteroatoms. The summed E-state index contributed by atoms with van der Waals surface area (Å²) < 4.78 is 37.3. The van der Waals surface area contributed by atoms with Gasteiger partial charge in [-0.3, -0.25) is 4.79 Å². The molecule has 0 heterocycles. The van der Waals surface area contributed by atoms with E-state index in [9.17, 15) is 9.59 Å². The molecule has 0 aliphatic rings. The monoisotopic (exact) mass is 508 g/mol. The van der Waals surface area contributed by atoms with Crippen molar-refractivity contribution >= 4 is 17.8 Å². The highest BCUT2D eigenvalue weighted by atomic mass is 16.6. The molecule has 0 aliphatic heterocycles. The van der Waals surface area contributed by atoms with Gasteiger partial charge in [0.25, 0.3) is 0 Å². The predicted molar refractivity (Wildman–Crippen MR) is 137 cm³/mol. The zero-order chi connectivity index (χ0) is 26.9. The van der Waals surface area contributed by atoms with Gasteiger partial charge in [-0.25, -0.2) is 4.79 Å². The number of hydrogen-bond donors (Lipinski definition) is 0. The van der Waals surface area contributed by atoms with Gasteiger partial charge in [0.2, 0.25) is 5.75 Å². The largest absolute Gasteiger partial charge is 0.497 e. The molecule has 37 heavy (non-hydrogen) atoms. The number of esters is 1. The molecule has 0 N–H and O–H groups in total. The van der Waals surface area contributed by atoms with Crippen LogP contribution in [0, 0.1) is 0 Å². The maximum Gasteiger partial charge on any atom is 0.343 e. The minimum absolute atomic E-state index is 0.194. The Balaban J connectivity index is 1.81. The zero-order valence-corrected chi connectivity index (χ0v) is 21.4. The Bertz CT molecular complexity index is 1290. The topological polar surface area (TPSA) is 98.8 Å². The van der Waals surface area contributed by atoms with Crippen LogP contribution in [0.1, 0.15) is 26.3 Å². The van der Waals surface area contributed by atoms with Crippen LogP contribution in [0.15, 0.2) is 54.6 Å². The van der Waals surface area contributed by atoms with E-state index in [1.165, 1.54) is 60.9 Å². The van der Waals surface area contributed by atoms with E-state index in [-0.39, 0.29) is 17.1 Å². The van der Waals surface area contributed by atoms with Crippen LogP contribution < -0.4 is 33.2 Å². The molecule has 0 fully saturated rings. The maximum absolute atomic E-state index is 12.9. The van der Waals surface area contributed by atoms with Gasteiger partial charge in [-0.15, -0.1) is 0 Å². The summed E-state index contributed by atoms with van der Waals surface area (Å²) in [4.78, 5) is 25.6. The molecule has 0 aliphatic carbocycles. The van der Waals surface area contributed by atoms with Crippen molar-refractivity contribution in [1.82, 2.24) is 0 Å². The molecule has 0 radical (unpaired) electrons. The summed E-state index contributed by atoms with van der Waals surface area (Å²) in [5, 5.41) is 0. The van der Waals surface area contributed by atoms with Gasteiger partial charge in [0, 0.05) is 6.07 Å². The Labute approximate surface area is 215 Å². The summed E-state index contributed by atoms with van der Waals surface area (Å²) >= 11 is 0. The summed E-state index contributed by atoms with van der Waals surface area (Å²) in [5.41, 5.74) is 1.24. The third kappa shape index (κ3) is 6.13. The molecule has 0 spiro atoms. The lowest BCUT2D eigenvalue weighted by atomic mass is 10.1. The molecule has 0 unspecified atom stereocenters. The second-order valence-corrected chi connectivity index (χ2v) is 7.48. The third-order valence-corrected chi connectivity index (χ3v) is 5.39. The molecule has 3 aromatic rings. The fraction of sp³-hybridized carbons (Fsp3) is 0.214. The molecule has 0 bridgehead atoms. The van der Waals surface area contributed by atoms with Crippen LogP contribution >= 0.6 is 0 Å². The highest BCUT2D eigenvalue weighted by molar-refractivity contribution is 6.08. The van der Waals surface area contributed by atoms with Gasteiger partial charge in [0.15, 0.2) is 28.8 Å². The lowest BCUT2D eigenvalue weighted by Gasteiger charge is -2.14. The first-order valence-electron chi connectivity index (χ1n) is 11.0. The van der Waals surface area contributed by atoms with Crippen molar-refractivity contribution in [3.05, 3.63) is 71.3 Å². The number of carbonyl (C=O) groups excluding carboxylic acids is 2. The minimum Gasteiger partial charge on any atom is -0.497 e. The van der Waals surface area contributed by atoms with E-state index in [0.717, 1.165) is 0 Å². The predicted octanol–water partition coefficient (Wildman–Crippen LogP) is 4.85. The normalized spacial score (nSPS) is 10.5. The number of ketones is 1. The zero-order valence-electron chi connectivity index (χ0n) is 21.4. The molecule has 0 saturated carbocycles. The van der Waals surface area contributed by atoms with Crippen molar-refractivity contribution in [2.45, 2.75) is 0 Å². The lowest BCUT2D eigenvalue weighted by Crippen LogP contribution is -2.10. The summed E-state index contributed by atoms with van der Waals surface area (Å²) in [6.45, 7) is 0. The second-order valence-electron chi connectivity index (χ2n) is 7.48. The van der Waals surface area contributed by atoms with E-state index in [1.807, 2.05) is 0 Å². The Morgan fingerprint density at radius 2 is 1.27 bits per heavy atom. The molecular formula is C28H28O9. The smallest absolute Gasteiger partial charge is 0.343 e. The first kappa shape index (κ1) is 26.9. The average molecular weight is 509 g/mol. The molecule has 0 atom stereocenters. The standard InChI is InChI=1S/C28H28O9/c1-31-19-9-10-20(23(16-19)32-2)21(29)11-7-17-8-12-22(24(13-17)33-3)37-28(30)18-14-25(34-4)27(36-6)26(15-18)35-5/h7-16H,1-6H3. The van der Waals surface area contributed by atoms with Crippen LogP contribution in [0.5, 0.6) is 40.2 Å². The van der Waals surface area contributed by atoms with Crippen LogP contribution in [-0.2, 0) is 0 Å². The van der Waals surface area contributed by atoms with Gasteiger partial charge < -0.3 is 33.2 Å². The van der Waals surface area contributed by atoms with Gasteiger partial charge in [0.05, 0.1) is 53.8 Å². The molecule has 194 valence electrons. The molecule has 0 aromatic heterocycles. The summed E-state index contributed by atoms with van der Waals surface area (Å²) in [6.07, 6.45) is 3.04. The van der Waals surface area contributed by atoms with E-state index >= 15 is 0 Å². The van der Waals surface area contributed by atoms with Crippen molar-refractivity contribution < 1.29 is 42.7 Å². The van der Waals surface area contributed by atoms with Gasteiger partial charge in [-0.05, 0) is 48.0 Å². The van der Waals surface area contributed by atoms with Crippen molar-refractivity contribution in [3.8, 4) is 40.2 Å². The van der Waals surface area contributed by atoms with E-state index in [2.05, 4.69) is 0 Å². The van der Waals surface area contributed by atoms with E-state index in [1.54, 1.807) is 42.5 Å². The summed E-state index contributed by atoms with van der Waals surface area (Å²) in [7, 11) is 8.86. The number of carbonyl (C=O) groups is 2. The van der Waals surface area contributed by atoms with Gasteiger partial charge in [-0.2, -0.15) is 0 Å². The molecule has 3 rings (SSSR count). The minimum atomic E-state index is -0.650. The van der Waals surface area contributed by atoms with Crippen LogP contribution in [0.2, 0.25) is 0 Å². The number of methoxy groups -OCH3 is 6. The van der Waals surface area contributed by atoms with Crippen molar-refractivity contribution in [2.75, 3.05) is 42.7 Å². The Morgan fingerprint density at radius 1 is 0.622 bits per heavy atom. The average Bonchev–Trinajstić information content (AvgIpc) is 2.94. The van der Waals surface area contributed by atoms with Crippen molar-refractivity contribution in [1.29, 1.82) is 0 Å². The van der Waals surface area contributed by atoms with Crippen LogP contribution in [0.3, 0.4) is 0 Å². The van der Waals surface area contributed by atoms with Crippen molar-refractivity contribution in [3.63, 3.8) is 0 Å². The Hall–Kier alpha value is -4.66. The fourth-order valence-corrected chi connectivity index (χ4v) is 3.49. The first-order chi connectivity index (χ1) is 17.9. The van der Waals surface area contributed by atoms with Crippen LogP contribution in [-0.4, -0.2) is 54.4 Å². The second kappa shape index (κ2) is 12.3. The third-order valence-electron chi connectivity index (χ3n) is 5.39. The molecule has 0 saturated heterocycles. The van der Waals surface area contributed by atoms with Crippen LogP contribution in [0.4, 0.5) is 0 Å². The number of allylic oxidation sites excluding steroid dienone is 1. The summed E-state index contributed by atoms with van der Waals surface area (Å²) in [6, 6.07) is 12.9. The number of benzene rings is 3. The number of rotatable bonds is 11. The van der Waals surface area contributed by atoms with E-state index < -0.39 is 5.97 Å². The summed E-state index contributed by atoms with van der Waals surface area (Å²) in [5.74, 6) is 1.58. The Kier molecular flexibility index (Phi) is 8.99. The first-order valence-corrected chi connectivity index (χ1v) is 11.0.